The predicted molar refractivity (Wildman–Crippen MR) is 110 cm³/mol. The van der Waals surface area contributed by atoms with E-state index in [1.165, 1.54) is 0 Å². The van der Waals surface area contributed by atoms with Crippen molar-refractivity contribution in [3.8, 4) is 22.3 Å². The average molecular weight is 453 g/mol. The number of pyridine rings is 1. The maximum atomic E-state index is 6.11. The Balaban J connectivity index is 2.17. The van der Waals surface area contributed by atoms with Gasteiger partial charge in [-0.3, -0.25) is 0 Å². The normalized spacial score (nSPS) is 11.0. The van der Waals surface area contributed by atoms with Crippen molar-refractivity contribution in [2.75, 3.05) is 5.73 Å². The summed E-state index contributed by atoms with van der Waals surface area (Å²) in [5.41, 5.74) is 8.87. The van der Waals surface area contributed by atoms with Gasteiger partial charge in [-0.25, -0.2) is 4.98 Å². The molecule has 1 aromatic heterocycles. The van der Waals surface area contributed by atoms with E-state index in [0.29, 0.717) is 42.1 Å². The molecule has 0 atom stereocenters. The number of hydrogen-bond acceptors (Lipinski definition) is 2. The monoisotopic (exact) mass is 450 g/mol. The lowest BCUT2D eigenvalue weighted by atomic mass is 10.0. The van der Waals surface area contributed by atoms with Gasteiger partial charge in [0.15, 0.2) is 0 Å². The molecule has 2 nitrogen and oxygen atoms in total. The van der Waals surface area contributed by atoms with Crippen LogP contribution in [0.3, 0.4) is 0 Å². The van der Waals surface area contributed by atoms with Crippen LogP contribution < -0.4 is 5.73 Å². The molecule has 128 valence electrons. The van der Waals surface area contributed by atoms with Crippen molar-refractivity contribution in [1.29, 1.82) is 0 Å². The molecule has 0 saturated heterocycles. The van der Waals surface area contributed by atoms with Crippen molar-refractivity contribution in [2.45, 2.75) is 0 Å². The van der Waals surface area contributed by atoms with E-state index in [2.05, 4.69) is 4.98 Å². The molecule has 0 fully saturated rings. The lowest BCUT2D eigenvalue weighted by Gasteiger charge is -2.11. The highest BCUT2D eigenvalue weighted by atomic mass is 35.5. The summed E-state index contributed by atoms with van der Waals surface area (Å²) in [5, 5.41) is 1.93. The van der Waals surface area contributed by atoms with Gasteiger partial charge in [0.25, 0.3) is 0 Å². The van der Waals surface area contributed by atoms with Gasteiger partial charge in [-0.15, -0.1) is 0 Å². The molecule has 0 aliphatic rings. The largest absolute Gasteiger partial charge is 0.383 e. The van der Waals surface area contributed by atoms with E-state index in [0.717, 1.165) is 11.1 Å². The van der Waals surface area contributed by atoms with Gasteiger partial charge in [-0.05, 0) is 41.5 Å². The van der Waals surface area contributed by atoms with E-state index in [1.54, 1.807) is 30.5 Å². The van der Waals surface area contributed by atoms with E-state index in [9.17, 15) is 0 Å². The second-order valence-corrected chi connectivity index (χ2v) is 7.55. The number of aromatic nitrogens is 1. The molecule has 0 unspecified atom stereocenters. The van der Waals surface area contributed by atoms with Crippen LogP contribution in [0, 0.1) is 0 Å². The molecule has 25 heavy (non-hydrogen) atoms. The Bertz CT molecular complexity index is 941. The highest BCUT2D eigenvalue weighted by molar-refractivity contribution is 6.49. The van der Waals surface area contributed by atoms with Crippen molar-refractivity contribution in [2.24, 2.45) is 0 Å². The molecule has 1 heterocycles. The van der Waals surface area contributed by atoms with Gasteiger partial charge in [0, 0.05) is 17.3 Å². The molecule has 0 spiro atoms. The minimum Gasteiger partial charge on any atom is -0.383 e. The summed E-state index contributed by atoms with van der Waals surface area (Å²) in [4.78, 5) is 4.23. The molecule has 0 radical (unpaired) electrons. The molecule has 3 aromatic rings. The van der Waals surface area contributed by atoms with Gasteiger partial charge < -0.3 is 5.73 Å². The van der Waals surface area contributed by atoms with Crippen LogP contribution in [0.25, 0.3) is 22.3 Å². The van der Waals surface area contributed by atoms with Crippen molar-refractivity contribution in [3.63, 3.8) is 0 Å². The first kappa shape index (κ1) is 18.9. The SMILES string of the molecule is Nc1ncc(-c2cc(Cl)c(Cl)c(Cl)c2)cc1-c1cc(Cl)c(Cl)c(Cl)c1. The number of anilines is 1. The smallest absolute Gasteiger partial charge is 0.131 e. The number of nitrogens with two attached hydrogens (primary N) is 1. The summed E-state index contributed by atoms with van der Waals surface area (Å²) in [5.74, 6) is 0.323. The number of rotatable bonds is 2. The van der Waals surface area contributed by atoms with Crippen LogP contribution in [0.4, 0.5) is 5.82 Å². The summed E-state index contributed by atoms with van der Waals surface area (Å²) in [6.45, 7) is 0. The summed E-state index contributed by atoms with van der Waals surface area (Å²) in [6.07, 6.45) is 1.62. The Morgan fingerprint density at radius 3 is 1.52 bits per heavy atom. The lowest BCUT2D eigenvalue weighted by Crippen LogP contribution is -1.95. The summed E-state index contributed by atoms with van der Waals surface area (Å²) in [7, 11) is 0. The quantitative estimate of drug-likeness (QED) is 0.401. The second kappa shape index (κ2) is 7.40. The van der Waals surface area contributed by atoms with Gasteiger partial charge in [-0.2, -0.15) is 0 Å². The van der Waals surface area contributed by atoms with E-state index in [1.807, 2.05) is 6.07 Å². The van der Waals surface area contributed by atoms with Gasteiger partial charge >= 0.3 is 0 Å². The molecular formula is C17H8Cl6N2. The van der Waals surface area contributed by atoms with Crippen molar-refractivity contribution < 1.29 is 0 Å². The standard InChI is InChI=1S/C17H8Cl6N2/c18-11-2-7(3-12(19)15(11)22)9-1-10(17(24)25-6-9)8-4-13(20)16(23)14(21)5-8/h1-6H,(H2,24,25). The number of hydrogen-bond donors (Lipinski definition) is 1. The first-order chi connectivity index (χ1) is 11.8. The van der Waals surface area contributed by atoms with E-state index in [4.69, 9.17) is 75.3 Å². The minimum absolute atomic E-state index is 0.283. The third-order valence-corrected chi connectivity index (χ3v) is 5.92. The van der Waals surface area contributed by atoms with Gasteiger partial charge in [0.05, 0.1) is 30.1 Å². The van der Waals surface area contributed by atoms with Crippen LogP contribution >= 0.6 is 69.6 Å². The lowest BCUT2D eigenvalue weighted by molar-refractivity contribution is 1.33. The number of benzene rings is 2. The molecule has 0 amide bonds. The topological polar surface area (TPSA) is 38.9 Å². The molecule has 8 heteroatoms. The Morgan fingerprint density at radius 2 is 1.04 bits per heavy atom. The zero-order chi connectivity index (χ0) is 18.3. The third-order valence-electron chi connectivity index (χ3n) is 3.53. The zero-order valence-electron chi connectivity index (χ0n) is 12.3. The molecular weight excluding hydrogens is 445 g/mol. The summed E-state index contributed by atoms with van der Waals surface area (Å²) < 4.78 is 0. The van der Waals surface area contributed by atoms with Crippen LogP contribution in [0.2, 0.25) is 30.1 Å². The molecule has 0 aliphatic heterocycles. The van der Waals surface area contributed by atoms with Crippen LogP contribution in [-0.2, 0) is 0 Å². The first-order valence-electron chi connectivity index (χ1n) is 6.83. The maximum Gasteiger partial charge on any atom is 0.131 e. The summed E-state index contributed by atoms with van der Waals surface area (Å²) >= 11 is 36.4. The minimum atomic E-state index is 0.283. The van der Waals surface area contributed by atoms with Gasteiger partial charge in [0.2, 0.25) is 0 Å². The van der Waals surface area contributed by atoms with Crippen molar-refractivity contribution in [3.05, 3.63) is 66.7 Å². The number of nitrogens with zero attached hydrogens (tertiary/aromatic N) is 1. The number of halogens is 6. The molecule has 2 aromatic carbocycles. The Kier molecular flexibility index (Phi) is 5.60. The summed E-state index contributed by atoms with van der Waals surface area (Å²) in [6, 6.07) is 8.60. The highest BCUT2D eigenvalue weighted by Gasteiger charge is 2.13. The van der Waals surface area contributed by atoms with E-state index in [-0.39, 0.29) is 5.02 Å². The fourth-order valence-electron chi connectivity index (χ4n) is 2.30. The van der Waals surface area contributed by atoms with Crippen LogP contribution in [0.1, 0.15) is 0 Å². The fraction of sp³-hybridized carbons (Fsp3) is 0. The van der Waals surface area contributed by atoms with Crippen molar-refractivity contribution in [1.82, 2.24) is 4.98 Å². The highest BCUT2D eigenvalue weighted by Crippen LogP contribution is 2.39. The van der Waals surface area contributed by atoms with Gasteiger partial charge in [0.1, 0.15) is 5.82 Å². The van der Waals surface area contributed by atoms with E-state index >= 15 is 0 Å². The number of nitrogen functional groups attached to an aromatic ring is 1. The predicted octanol–water partition coefficient (Wildman–Crippen LogP) is 7.92. The molecule has 0 bridgehead atoms. The fourth-order valence-corrected chi connectivity index (χ4v) is 3.49. The Hall–Kier alpha value is -0.870. The second-order valence-electron chi connectivity index (χ2n) is 5.16. The third kappa shape index (κ3) is 3.80. The van der Waals surface area contributed by atoms with Crippen molar-refractivity contribution >= 4 is 75.4 Å². The Labute approximate surface area is 174 Å². The Morgan fingerprint density at radius 1 is 0.600 bits per heavy atom. The average Bonchev–Trinajstić information content (AvgIpc) is 2.57. The first-order valence-corrected chi connectivity index (χ1v) is 9.10. The van der Waals surface area contributed by atoms with Crippen LogP contribution in [-0.4, -0.2) is 4.98 Å². The maximum absolute atomic E-state index is 6.11. The van der Waals surface area contributed by atoms with E-state index < -0.39 is 0 Å². The van der Waals surface area contributed by atoms with Crippen LogP contribution in [0.15, 0.2) is 36.5 Å². The molecule has 3 rings (SSSR count). The molecule has 0 saturated carbocycles. The molecule has 2 N–H and O–H groups in total. The van der Waals surface area contributed by atoms with Gasteiger partial charge in [-0.1, -0.05) is 69.6 Å². The zero-order valence-corrected chi connectivity index (χ0v) is 16.8. The van der Waals surface area contributed by atoms with Crippen LogP contribution in [0.5, 0.6) is 0 Å². The molecule has 0 aliphatic carbocycles.